The minimum atomic E-state index is -1.42. The van der Waals surface area contributed by atoms with Crippen molar-refractivity contribution in [1.82, 2.24) is 0 Å². The van der Waals surface area contributed by atoms with Gasteiger partial charge in [-0.3, -0.25) is 8.92 Å². The van der Waals surface area contributed by atoms with Gasteiger partial charge in [0.25, 0.3) is 0 Å². The summed E-state index contributed by atoms with van der Waals surface area (Å²) in [6, 6.07) is 0. The predicted octanol–water partition coefficient (Wildman–Crippen LogP) is -0.623. The smallest absolute Gasteiger partial charge is 0.274 e. The number of rotatable bonds is 0. The van der Waals surface area contributed by atoms with Crippen molar-refractivity contribution < 1.29 is 42.2 Å². The van der Waals surface area contributed by atoms with Crippen LogP contribution >= 0.6 is 0 Å². The zero-order chi connectivity index (χ0) is 2.71. The van der Waals surface area contributed by atoms with Crippen LogP contribution in [0.1, 0.15) is 0 Å². The number of hydrogen-bond acceptors (Lipinski definition) is 2. The molecule has 5 heavy (non-hydrogen) atoms. The molecule has 0 spiro atoms. The summed E-state index contributed by atoms with van der Waals surface area (Å²) < 4.78 is 16.8. The van der Waals surface area contributed by atoms with Gasteiger partial charge in [-0.1, -0.05) is 0 Å². The minimum absolute atomic E-state index is 0. The maximum absolute atomic E-state index is 8.40. The molecule has 0 aliphatic rings. The molecule has 2 nitrogen and oxygen atoms in total. The van der Waals surface area contributed by atoms with Crippen molar-refractivity contribution in [1.29, 1.82) is 0 Å². The topological polar surface area (TPSA) is 34.1 Å². The molecule has 0 aromatic carbocycles. The summed E-state index contributed by atoms with van der Waals surface area (Å²) in [5.74, 6) is 0. The Labute approximate surface area is 51.8 Å². The van der Waals surface area contributed by atoms with Crippen molar-refractivity contribution >= 4 is 9.29 Å². The van der Waals surface area contributed by atoms with Crippen LogP contribution in [-0.4, -0.2) is 9.29 Å². The first-order valence-corrected chi connectivity index (χ1v) is 1.22. The van der Waals surface area contributed by atoms with Crippen molar-refractivity contribution in [3.63, 3.8) is 0 Å². The van der Waals surface area contributed by atoms with E-state index in [4.69, 9.17) is 8.92 Å². The second-order valence-electron chi connectivity index (χ2n) is 0.0833. The molecule has 0 aromatic heterocycles. The molecular weight excluding hydrogens is 178 g/mol. The molecule has 5 heteroatoms. The molecule has 1 radical (unpaired) electrons. The zero-order valence-electron chi connectivity index (χ0n) is 1.97. The van der Waals surface area contributed by atoms with Gasteiger partial charge in [0.1, 0.15) is 0 Å². The first-order chi connectivity index (χ1) is 1.41. The molecule has 0 amide bonds. The molecule has 0 atom stereocenters. The SMILES string of the molecule is O=[Si]=O.[Co].[Ni]. The fraction of sp³-hybridized carbons (Fsp3) is 0. The van der Waals surface area contributed by atoms with Crippen LogP contribution in [0.4, 0.5) is 0 Å². The van der Waals surface area contributed by atoms with Gasteiger partial charge in [-0.25, -0.2) is 0 Å². The molecule has 0 unspecified atom stereocenters. The van der Waals surface area contributed by atoms with Gasteiger partial charge in [-0.05, 0) is 0 Å². The largest absolute Gasteiger partial charge is 0.549 e. The Kier molecular flexibility index (Phi) is 72.3. The van der Waals surface area contributed by atoms with E-state index in [-0.39, 0.29) is 33.3 Å². The van der Waals surface area contributed by atoms with E-state index in [1.807, 2.05) is 0 Å². The van der Waals surface area contributed by atoms with Crippen LogP contribution in [0.15, 0.2) is 0 Å². The second kappa shape index (κ2) is 21.3. The molecule has 0 aliphatic carbocycles. The minimum Gasteiger partial charge on any atom is -0.274 e. The van der Waals surface area contributed by atoms with Gasteiger partial charge >= 0.3 is 9.29 Å². The average molecular weight is 178 g/mol. The molecular formula is CoNiO2Si. The Morgan fingerprint density at radius 2 is 1.20 bits per heavy atom. The van der Waals surface area contributed by atoms with Crippen molar-refractivity contribution in [3.8, 4) is 0 Å². The van der Waals surface area contributed by atoms with E-state index in [1.165, 1.54) is 0 Å². The summed E-state index contributed by atoms with van der Waals surface area (Å²) in [5.41, 5.74) is 0. The average Bonchev–Trinajstić information content (AvgIpc) is 0.918. The van der Waals surface area contributed by atoms with Crippen LogP contribution in [-0.2, 0) is 42.2 Å². The summed E-state index contributed by atoms with van der Waals surface area (Å²) in [6.07, 6.45) is 0. The van der Waals surface area contributed by atoms with Crippen molar-refractivity contribution in [3.05, 3.63) is 0 Å². The Balaban J connectivity index is -0.0000000200. The second-order valence-corrected chi connectivity index (χ2v) is 0.250. The van der Waals surface area contributed by atoms with E-state index >= 15 is 0 Å². The fourth-order valence-corrected chi connectivity index (χ4v) is 0. The molecule has 35 valence electrons. The monoisotopic (exact) mass is 177 g/mol. The summed E-state index contributed by atoms with van der Waals surface area (Å²) in [7, 11) is -1.42. The van der Waals surface area contributed by atoms with Gasteiger partial charge in [0.2, 0.25) is 0 Å². The van der Waals surface area contributed by atoms with E-state index < -0.39 is 9.29 Å². The summed E-state index contributed by atoms with van der Waals surface area (Å²) in [5, 5.41) is 0. The standard InChI is InChI=1S/Co.Ni.O2Si/c;;1-3-2. The van der Waals surface area contributed by atoms with Gasteiger partial charge in [0.05, 0.1) is 0 Å². The van der Waals surface area contributed by atoms with Crippen molar-refractivity contribution in [2.45, 2.75) is 0 Å². The molecule has 0 N–H and O–H groups in total. The quantitative estimate of drug-likeness (QED) is 0.462. The Bertz CT molecular complexity index is 30.6. The Morgan fingerprint density at radius 3 is 1.20 bits per heavy atom. The van der Waals surface area contributed by atoms with Crippen LogP contribution < -0.4 is 0 Å². The van der Waals surface area contributed by atoms with Gasteiger partial charge in [0.15, 0.2) is 0 Å². The maximum atomic E-state index is 8.40. The third kappa shape index (κ3) is 57.3. The molecule has 0 bridgehead atoms. The van der Waals surface area contributed by atoms with Gasteiger partial charge in [0, 0.05) is 33.3 Å². The van der Waals surface area contributed by atoms with E-state index in [1.54, 1.807) is 0 Å². The maximum Gasteiger partial charge on any atom is 0.549 e. The molecule has 0 fully saturated rings. The molecule has 0 saturated heterocycles. The van der Waals surface area contributed by atoms with Gasteiger partial charge < -0.3 is 0 Å². The summed E-state index contributed by atoms with van der Waals surface area (Å²) in [4.78, 5) is 0. The van der Waals surface area contributed by atoms with Gasteiger partial charge in [-0.2, -0.15) is 0 Å². The zero-order valence-corrected chi connectivity index (χ0v) is 4.99. The fourth-order valence-electron chi connectivity index (χ4n) is 0. The first-order valence-electron chi connectivity index (χ1n) is 0.408. The normalized spacial score (nSPS) is 1.60. The van der Waals surface area contributed by atoms with Crippen LogP contribution in [0.2, 0.25) is 0 Å². The Morgan fingerprint density at radius 1 is 1.20 bits per heavy atom. The Hall–Kier alpha value is 0.817. The number of hydrogen-bond donors (Lipinski definition) is 0. The van der Waals surface area contributed by atoms with Crippen LogP contribution in [0.25, 0.3) is 0 Å². The molecule has 0 aromatic rings. The predicted molar refractivity (Wildman–Crippen MR) is 7.13 cm³/mol. The third-order valence-electron chi connectivity index (χ3n) is 0. The van der Waals surface area contributed by atoms with E-state index in [9.17, 15) is 0 Å². The summed E-state index contributed by atoms with van der Waals surface area (Å²) >= 11 is 0. The molecule has 0 heterocycles. The van der Waals surface area contributed by atoms with E-state index in [0.29, 0.717) is 0 Å². The van der Waals surface area contributed by atoms with E-state index in [0.717, 1.165) is 0 Å². The molecule has 0 aliphatic heterocycles. The van der Waals surface area contributed by atoms with Gasteiger partial charge in [-0.15, -0.1) is 0 Å². The van der Waals surface area contributed by atoms with Crippen LogP contribution in [0.3, 0.4) is 0 Å². The van der Waals surface area contributed by atoms with E-state index in [2.05, 4.69) is 0 Å². The molecule has 0 saturated carbocycles. The van der Waals surface area contributed by atoms with Crippen LogP contribution in [0.5, 0.6) is 0 Å². The van der Waals surface area contributed by atoms with Crippen LogP contribution in [0, 0.1) is 0 Å². The van der Waals surface area contributed by atoms with Crippen molar-refractivity contribution in [2.24, 2.45) is 0 Å². The first kappa shape index (κ1) is 17.0. The molecule has 0 rings (SSSR count). The summed E-state index contributed by atoms with van der Waals surface area (Å²) in [6.45, 7) is 0. The third-order valence-corrected chi connectivity index (χ3v) is 0. The van der Waals surface area contributed by atoms with Crippen molar-refractivity contribution in [2.75, 3.05) is 0 Å².